The minimum Gasteiger partial charge on any atom is -0.508 e. The van der Waals surface area contributed by atoms with Crippen LogP contribution in [0.15, 0.2) is 12.0 Å². The average Bonchev–Trinajstić information content (AvgIpc) is 1.69. The predicted octanol–water partition coefficient (Wildman–Crippen LogP) is 0.433. The van der Waals surface area contributed by atoms with Crippen molar-refractivity contribution in [2.45, 2.75) is 0 Å². The van der Waals surface area contributed by atoms with E-state index in [1.54, 1.807) is 0 Å². The van der Waals surface area contributed by atoms with Crippen molar-refractivity contribution in [3.8, 4) is 6.57 Å². The first-order valence-electron chi connectivity index (χ1n) is 1.71. The van der Waals surface area contributed by atoms with Crippen LogP contribution < -0.4 is 0 Å². The van der Waals surface area contributed by atoms with Crippen LogP contribution in [0.25, 0.3) is 4.85 Å². The molecule has 0 aliphatic carbocycles. The highest BCUT2D eigenvalue weighted by Gasteiger charge is 2.15. The van der Waals surface area contributed by atoms with Gasteiger partial charge in [-0.2, -0.15) is 0 Å². The van der Waals surface area contributed by atoms with E-state index in [2.05, 4.69) is 11.4 Å². The topological polar surface area (TPSA) is 61.9 Å². The molecule has 2 N–H and O–H groups in total. The second-order valence-corrected chi connectivity index (χ2v) is 0.949. The van der Waals surface area contributed by atoms with Gasteiger partial charge in [0.25, 0.3) is 6.57 Å². The fourth-order valence-corrected chi connectivity index (χ4v) is 0.144. The van der Waals surface area contributed by atoms with E-state index in [1.807, 2.05) is 0 Å². The Hall–Kier alpha value is -1.50. The van der Waals surface area contributed by atoms with Gasteiger partial charge in [0, 0.05) is 0 Å². The summed E-state index contributed by atoms with van der Waals surface area (Å²) >= 11 is 0. The van der Waals surface area contributed by atoms with Crippen LogP contribution in [0.1, 0.15) is 0 Å². The van der Waals surface area contributed by atoms with Crippen LogP contribution in [0.3, 0.4) is 0 Å². The maximum absolute atomic E-state index is 9.76. The van der Waals surface area contributed by atoms with E-state index in [-0.39, 0.29) is 0 Å². The summed E-state index contributed by atoms with van der Waals surface area (Å²) in [6.07, 6.45) is 0.322. The van der Waals surface area contributed by atoms with Crippen molar-refractivity contribution in [3.05, 3.63) is 16.8 Å². The SMILES string of the molecule is C#[N+]/C(=C\O)C(=O)O. The van der Waals surface area contributed by atoms with E-state index >= 15 is 0 Å². The van der Waals surface area contributed by atoms with E-state index in [4.69, 9.17) is 10.2 Å². The minimum absolute atomic E-state index is 0.322. The Labute approximate surface area is 45.5 Å². The molecule has 0 rings (SSSR count). The van der Waals surface area contributed by atoms with Gasteiger partial charge >= 0.3 is 11.7 Å². The van der Waals surface area contributed by atoms with Gasteiger partial charge in [-0.05, 0) is 4.85 Å². The number of hydrogen-bond acceptors (Lipinski definition) is 2. The van der Waals surface area contributed by atoms with E-state index in [0.717, 1.165) is 0 Å². The van der Waals surface area contributed by atoms with Gasteiger partial charge in [-0.1, -0.05) is 0 Å². The van der Waals surface area contributed by atoms with E-state index in [1.165, 1.54) is 0 Å². The zero-order chi connectivity index (χ0) is 6.57. The molecular formula is C4H4NO3+. The summed E-state index contributed by atoms with van der Waals surface area (Å²) in [6, 6.07) is 0. The standard InChI is InChI=1S/C4H3NO3/c1-5-3(2-6)4(7)8/h1-2H,(H-,6,7,8)/p+1/b3-2-. The number of hydrogen-bond donors (Lipinski definition) is 2. The van der Waals surface area contributed by atoms with Crippen molar-refractivity contribution < 1.29 is 15.0 Å². The smallest absolute Gasteiger partial charge is 0.456 e. The zero-order valence-electron chi connectivity index (χ0n) is 3.90. The molecule has 0 saturated carbocycles. The Morgan fingerprint density at radius 1 is 1.75 bits per heavy atom. The van der Waals surface area contributed by atoms with Crippen LogP contribution in [0.2, 0.25) is 0 Å². The molecule has 0 aromatic carbocycles. The lowest BCUT2D eigenvalue weighted by atomic mass is 10.5. The molecule has 4 heteroatoms. The molecule has 4 nitrogen and oxygen atoms in total. The maximum atomic E-state index is 9.76. The molecule has 0 amide bonds. The van der Waals surface area contributed by atoms with Gasteiger partial charge in [-0.25, -0.2) is 4.79 Å². The molecule has 0 heterocycles. The second-order valence-electron chi connectivity index (χ2n) is 0.949. The highest BCUT2D eigenvalue weighted by molar-refractivity contribution is 5.88. The fraction of sp³-hybridized carbons (Fsp3) is 0. The van der Waals surface area contributed by atoms with Crippen molar-refractivity contribution in [3.63, 3.8) is 0 Å². The largest absolute Gasteiger partial charge is 0.508 e. The number of carboxylic acid groups (broad SMARTS) is 1. The number of carbonyl (C=O) groups is 1. The Morgan fingerprint density at radius 3 is 2.25 bits per heavy atom. The monoisotopic (exact) mass is 114 g/mol. The molecule has 0 atom stereocenters. The van der Waals surface area contributed by atoms with Crippen LogP contribution >= 0.6 is 0 Å². The summed E-state index contributed by atoms with van der Waals surface area (Å²) < 4.78 is 0. The third-order valence-electron chi connectivity index (χ3n) is 0.480. The van der Waals surface area contributed by atoms with Crippen LogP contribution in [-0.2, 0) is 4.79 Å². The molecule has 8 heavy (non-hydrogen) atoms. The van der Waals surface area contributed by atoms with Crippen molar-refractivity contribution in [1.29, 1.82) is 0 Å². The van der Waals surface area contributed by atoms with Gasteiger partial charge < -0.3 is 10.2 Å². The summed E-state index contributed by atoms with van der Waals surface area (Å²) in [5.74, 6) is -1.35. The third kappa shape index (κ3) is 1.30. The van der Waals surface area contributed by atoms with Crippen molar-refractivity contribution in [2.24, 2.45) is 0 Å². The highest BCUT2D eigenvalue weighted by atomic mass is 16.4. The number of carboxylic acids is 1. The highest BCUT2D eigenvalue weighted by Crippen LogP contribution is 1.91. The summed E-state index contributed by atoms with van der Waals surface area (Å²) in [5.41, 5.74) is -0.565. The Bertz CT molecular complexity index is 165. The normalized spacial score (nSPS) is 10.1. The average molecular weight is 114 g/mol. The van der Waals surface area contributed by atoms with Gasteiger partial charge in [0.1, 0.15) is 0 Å². The van der Waals surface area contributed by atoms with Crippen LogP contribution in [0.4, 0.5) is 0 Å². The molecule has 0 bridgehead atoms. The molecule has 0 fully saturated rings. The van der Waals surface area contributed by atoms with Gasteiger partial charge in [0.05, 0.1) is 0 Å². The molecule has 0 unspecified atom stereocenters. The summed E-state index contributed by atoms with van der Waals surface area (Å²) in [6.45, 7) is 4.50. The molecular weight excluding hydrogens is 110 g/mol. The van der Waals surface area contributed by atoms with E-state index < -0.39 is 11.7 Å². The lowest BCUT2D eigenvalue weighted by molar-refractivity contribution is -0.132. The number of nitrogens with zero attached hydrogens (tertiary/aromatic N) is 1. The molecule has 0 aliphatic rings. The lowest BCUT2D eigenvalue weighted by Crippen LogP contribution is -1.94. The van der Waals surface area contributed by atoms with Crippen molar-refractivity contribution >= 4 is 5.97 Å². The summed E-state index contributed by atoms with van der Waals surface area (Å²) in [7, 11) is 0. The Kier molecular flexibility index (Phi) is 2.14. The first-order chi connectivity index (χ1) is 3.72. The predicted molar refractivity (Wildman–Crippen MR) is 26.7 cm³/mol. The molecule has 0 aromatic heterocycles. The second kappa shape index (κ2) is 2.64. The molecule has 0 spiro atoms. The van der Waals surface area contributed by atoms with Gasteiger partial charge in [-0.15, -0.1) is 0 Å². The molecule has 42 valence electrons. The molecule has 0 aromatic rings. The zero-order valence-corrected chi connectivity index (χ0v) is 3.90. The van der Waals surface area contributed by atoms with E-state index in [9.17, 15) is 4.79 Å². The molecule has 0 radical (unpaired) electrons. The quantitative estimate of drug-likeness (QED) is 0.384. The molecule has 0 aliphatic heterocycles. The van der Waals surface area contributed by atoms with Crippen LogP contribution in [0, 0.1) is 6.57 Å². The third-order valence-corrected chi connectivity index (χ3v) is 0.480. The van der Waals surface area contributed by atoms with Crippen LogP contribution in [-0.4, -0.2) is 16.2 Å². The van der Waals surface area contributed by atoms with Crippen molar-refractivity contribution in [2.75, 3.05) is 0 Å². The maximum Gasteiger partial charge on any atom is 0.456 e. The van der Waals surface area contributed by atoms with Gasteiger partial charge in [-0.3, -0.25) is 0 Å². The molecule has 0 saturated heterocycles. The van der Waals surface area contributed by atoms with Gasteiger partial charge in [0.15, 0.2) is 6.26 Å². The van der Waals surface area contributed by atoms with Crippen molar-refractivity contribution in [1.82, 2.24) is 0 Å². The number of aliphatic hydroxyl groups is 1. The lowest BCUT2D eigenvalue weighted by Gasteiger charge is -1.70. The Morgan fingerprint density at radius 2 is 2.25 bits per heavy atom. The van der Waals surface area contributed by atoms with E-state index in [0.29, 0.717) is 6.26 Å². The Balaban J connectivity index is 4.20. The number of aliphatic hydroxyl groups excluding tert-OH is 1. The first kappa shape index (κ1) is 6.50. The summed E-state index contributed by atoms with van der Waals surface area (Å²) in [4.78, 5) is 12.5. The number of rotatable bonds is 1. The van der Waals surface area contributed by atoms with Crippen LogP contribution in [0.5, 0.6) is 0 Å². The number of aliphatic carboxylic acids is 1. The summed E-state index contributed by atoms with van der Waals surface area (Å²) in [5, 5.41) is 16.0. The van der Waals surface area contributed by atoms with Gasteiger partial charge in [0.2, 0.25) is 0 Å². The first-order valence-corrected chi connectivity index (χ1v) is 1.71. The minimum atomic E-state index is -1.35. The fourth-order valence-electron chi connectivity index (χ4n) is 0.144.